The first-order chi connectivity index (χ1) is 14.8. The van der Waals surface area contributed by atoms with Crippen molar-refractivity contribution in [2.24, 2.45) is 0 Å². The molecule has 0 aromatic heterocycles. The molecule has 2 atom stereocenters. The first-order valence-electron chi connectivity index (χ1n) is 9.60. The van der Waals surface area contributed by atoms with E-state index in [2.05, 4.69) is 10.6 Å². The number of ether oxygens (including phenoxy) is 1. The van der Waals surface area contributed by atoms with Gasteiger partial charge in [0, 0.05) is 18.3 Å². The van der Waals surface area contributed by atoms with Crippen LogP contribution in [0.25, 0.3) is 0 Å². The minimum atomic E-state index is -0.781. The molecule has 9 heteroatoms. The molecule has 2 aliphatic rings. The molecular weight excluding hydrogens is 420 g/mol. The molecule has 0 saturated carbocycles. The molecule has 4 rings (SSSR count). The second-order valence-electron chi connectivity index (χ2n) is 7.43. The Morgan fingerprint density at radius 1 is 1.16 bits per heavy atom. The second-order valence-corrected chi connectivity index (χ2v) is 7.87. The van der Waals surface area contributed by atoms with Crippen molar-refractivity contribution in [1.82, 2.24) is 10.2 Å². The normalized spacial score (nSPS) is 20.2. The van der Waals surface area contributed by atoms with Crippen molar-refractivity contribution in [2.75, 3.05) is 24.4 Å². The van der Waals surface area contributed by atoms with Gasteiger partial charge in [0.1, 0.15) is 11.8 Å². The molecule has 0 spiro atoms. The van der Waals surface area contributed by atoms with E-state index in [-0.39, 0.29) is 5.57 Å². The topological polar surface area (TPSA) is 91.0 Å². The SMILES string of the molecule is COc1ccc(Cl)cc1NC(=O)C1=CN(C)C2C(=O)N(c3ccc(C)cc3)C(=O)NC12. The molecule has 0 aliphatic carbocycles. The number of benzene rings is 2. The number of hydrogen-bond acceptors (Lipinski definition) is 5. The van der Waals surface area contributed by atoms with Crippen molar-refractivity contribution < 1.29 is 19.1 Å². The third kappa shape index (κ3) is 3.70. The molecule has 31 heavy (non-hydrogen) atoms. The van der Waals surface area contributed by atoms with Gasteiger partial charge in [-0.25, -0.2) is 9.69 Å². The molecular formula is C22H21ClN4O4. The molecule has 2 aromatic rings. The van der Waals surface area contributed by atoms with Crippen LogP contribution in [0.3, 0.4) is 0 Å². The molecule has 1 fully saturated rings. The van der Waals surface area contributed by atoms with E-state index in [4.69, 9.17) is 16.3 Å². The van der Waals surface area contributed by atoms with E-state index >= 15 is 0 Å². The van der Waals surface area contributed by atoms with Crippen molar-refractivity contribution in [1.29, 1.82) is 0 Å². The molecule has 2 aromatic carbocycles. The maximum atomic E-state index is 13.2. The smallest absolute Gasteiger partial charge is 0.329 e. The maximum Gasteiger partial charge on any atom is 0.329 e. The summed E-state index contributed by atoms with van der Waals surface area (Å²) in [4.78, 5) is 41.8. The number of imide groups is 1. The highest BCUT2D eigenvalue weighted by Gasteiger charge is 2.49. The summed E-state index contributed by atoms with van der Waals surface area (Å²) in [6.07, 6.45) is 1.57. The molecule has 4 amide bonds. The van der Waals surface area contributed by atoms with Crippen LogP contribution in [0, 0.1) is 6.92 Å². The Morgan fingerprint density at radius 3 is 2.55 bits per heavy atom. The number of likely N-dealkylation sites (N-methyl/N-ethyl adjacent to an activating group) is 1. The van der Waals surface area contributed by atoms with Crippen LogP contribution >= 0.6 is 11.6 Å². The third-order valence-corrected chi connectivity index (χ3v) is 5.59. The van der Waals surface area contributed by atoms with Gasteiger partial charge in [-0.2, -0.15) is 0 Å². The van der Waals surface area contributed by atoms with Crippen LogP contribution in [0.2, 0.25) is 5.02 Å². The van der Waals surface area contributed by atoms with Gasteiger partial charge in [0.25, 0.3) is 11.8 Å². The van der Waals surface area contributed by atoms with Gasteiger partial charge in [-0.05, 0) is 37.3 Å². The first kappa shape index (κ1) is 20.7. The Morgan fingerprint density at radius 2 is 1.87 bits per heavy atom. The summed E-state index contributed by atoms with van der Waals surface area (Å²) in [5.41, 5.74) is 2.14. The molecule has 8 nitrogen and oxygen atoms in total. The van der Waals surface area contributed by atoms with E-state index in [9.17, 15) is 14.4 Å². The van der Waals surface area contributed by atoms with Gasteiger partial charge in [-0.3, -0.25) is 9.59 Å². The van der Waals surface area contributed by atoms with Crippen molar-refractivity contribution in [2.45, 2.75) is 19.0 Å². The van der Waals surface area contributed by atoms with Gasteiger partial charge in [0.2, 0.25) is 0 Å². The summed E-state index contributed by atoms with van der Waals surface area (Å²) in [5.74, 6) is -0.424. The summed E-state index contributed by atoms with van der Waals surface area (Å²) >= 11 is 6.04. The number of amides is 4. The fraction of sp³-hybridized carbons (Fsp3) is 0.227. The minimum Gasteiger partial charge on any atom is -0.495 e. The molecule has 2 N–H and O–H groups in total. The fourth-order valence-electron chi connectivity index (χ4n) is 3.80. The van der Waals surface area contributed by atoms with Crippen LogP contribution in [0.1, 0.15) is 5.56 Å². The lowest BCUT2D eigenvalue weighted by Crippen LogP contribution is -2.65. The van der Waals surface area contributed by atoms with Crippen molar-refractivity contribution in [3.05, 3.63) is 64.8 Å². The van der Waals surface area contributed by atoms with Crippen LogP contribution < -0.4 is 20.3 Å². The molecule has 0 bridgehead atoms. The predicted octanol–water partition coefficient (Wildman–Crippen LogP) is 2.92. The number of urea groups is 1. The summed E-state index contributed by atoms with van der Waals surface area (Å²) in [6.45, 7) is 1.92. The van der Waals surface area contributed by atoms with Crippen LogP contribution in [0.4, 0.5) is 16.2 Å². The maximum absolute atomic E-state index is 13.2. The summed E-state index contributed by atoms with van der Waals surface area (Å²) in [5, 5.41) is 5.99. The number of carbonyl (C=O) groups is 3. The van der Waals surface area contributed by atoms with E-state index < -0.39 is 29.9 Å². The zero-order valence-electron chi connectivity index (χ0n) is 17.2. The minimum absolute atomic E-state index is 0.264. The number of nitrogens with zero attached hydrogens (tertiary/aromatic N) is 2. The van der Waals surface area contributed by atoms with E-state index in [1.807, 2.05) is 19.1 Å². The van der Waals surface area contributed by atoms with E-state index in [0.29, 0.717) is 22.1 Å². The molecule has 160 valence electrons. The van der Waals surface area contributed by atoms with Crippen molar-refractivity contribution >= 4 is 40.8 Å². The first-order valence-corrected chi connectivity index (χ1v) is 9.97. The number of halogens is 1. The standard InChI is InChI=1S/C22H21ClN4O4/c1-12-4-7-14(8-5-12)27-21(29)19-18(25-22(27)30)15(11-26(19)2)20(28)24-16-10-13(23)6-9-17(16)31-3/h4-11,18-19H,1-3H3,(H,24,28)(H,25,30). The molecule has 1 saturated heterocycles. The number of anilines is 2. The fourth-order valence-corrected chi connectivity index (χ4v) is 3.97. The number of rotatable bonds is 4. The quantitative estimate of drug-likeness (QED) is 0.762. The number of aryl methyl sites for hydroxylation is 1. The average Bonchev–Trinajstić information content (AvgIpc) is 3.06. The van der Waals surface area contributed by atoms with Gasteiger partial charge >= 0.3 is 6.03 Å². The predicted molar refractivity (Wildman–Crippen MR) is 117 cm³/mol. The number of methoxy groups -OCH3 is 1. The lowest BCUT2D eigenvalue weighted by Gasteiger charge is -2.37. The summed E-state index contributed by atoms with van der Waals surface area (Å²) in [7, 11) is 3.18. The Labute approximate surface area is 184 Å². The number of nitrogens with one attached hydrogen (secondary N) is 2. The zero-order chi connectivity index (χ0) is 22.3. The van der Waals surface area contributed by atoms with Gasteiger partial charge in [0.05, 0.1) is 30.1 Å². The molecule has 2 unspecified atom stereocenters. The van der Waals surface area contributed by atoms with Gasteiger partial charge < -0.3 is 20.3 Å². The van der Waals surface area contributed by atoms with Gasteiger partial charge in [-0.15, -0.1) is 0 Å². The van der Waals surface area contributed by atoms with Crippen LogP contribution in [-0.2, 0) is 9.59 Å². The molecule has 2 heterocycles. The number of carbonyl (C=O) groups excluding carboxylic acids is 3. The Bertz CT molecular complexity index is 1100. The Hall–Kier alpha value is -3.52. The van der Waals surface area contributed by atoms with Crippen molar-refractivity contribution in [3.8, 4) is 5.75 Å². The average molecular weight is 441 g/mol. The monoisotopic (exact) mass is 440 g/mol. The molecule has 0 radical (unpaired) electrons. The third-order valence-electron chi connectivity index (χ3n) is 5.35. The Kier molecular flexibility index (Phi) is 5.32. The largest absolute Gasteiger partial charge is 0.495 e. The summed E-state index contributed by atoms with van der Waals surface area (Å²) < 4.78 is 5.26. The van der Waals surface area contributed by atoms with E-state index in [1.165, 1.54) is 7.11 Å². The summed E-state index contributed by atoms with van der Waals surface area (Å²) in [6, 6.07) is 9.85. The lowest BCUT2D eigenvalue weighted by molar-refractivity contribution is -0.122. The Balaban J connectivity index is 1.58. The van der Waals surface area contributed by atoms with Crippen LogP contribution in [-0.4, -0.2) is 49.0 Å². The highest BCUT2D eigenvalue weighted by molar-refractivity contribution is 6.31. The van der Waals surface area contributed by atoms with E-state index in [0.717, 1.165) is 10.5 Å². The zero-order valence-corrected chi connectivity index (χ0v) is 17.9. The van der Waals surface area contributed by atoms with Gasteiger partial charge in [0.15, 0.2) is 0 Å². The highest BCUT2D eigenvalue weighted by Crippen LogP contribution is 2.32. The molecule has 2 aliphatic heterocycles. The van der Waals surface area contributed by atoms with Gasteiger partial charge in [-0.1, -0.05) is 29.3 Å². The van der Waals surface area contributed by atoms with E-state index in [1.54, 1.807) is 48.5 Å². The van der Waals surface area contributed by atoms with Crippen LogP contribution in [0.5, 0.6) is 5.75 Å². The second kappa shape index (κ2) is 7.96. The van der Waals surface area contributed by atoms with Crippen molar-refractivity contribution in [3.63, 3.8) is 0 Å². The number of hydrogen-bond donors (Lipinski definition) is 2. The van der Waals surface area contributed by atoms with Crippen LogP contribution in [0.15, 0.2) is 54.2 Å². The lowest BCUT2D eigenvalue weighted by atomic mass is 9.99. The highest BCUT2D eigenvalue weighted by atomic mass is 35.5. The number of fused-ring (bicyclic) bond motifs is 1.